The summed E-state index contributed by atoms with van der Waals surface area (Å²) in [6.45, 7) is 3.52. The smallest absolute Gasteiger partial charge is 0.186 e. The van der Waals surface area contributed by atoms with Crippen molar-refractivity contribution in [3.05, 3.63) is 90.3 Å². The number of benzene rings is 3. The maximum atomic E-state index is 13.7. The van der Waals surface area contributed by atoms with Gasteiger partial charge in [0.15, 0.2) is 9.84 Å². The molecule has 0 bridgehead atoms. The third-order valence-corrected chi connectivity index (χ3v) is 6.01. The number of aliphatic hydroxyl groups is 1. The van der Waals surface area contributed by atoms with Crippen molar-refractivity contribution in [2.45, 2.75) is 10.6 Å². The van der Waals surface area contributed by atoms with Crippen molar-refractivity contribution in [2.75, 3.05) is 7.11 Å². The van der Waals surface area contributed by atoms with Gasteiger partial charge in [-0.1, -0.05) is 49.0 Å². The maximum absolute atomic E-state index is 13.7. The van der Waals surface area contributed by atoms with E-state index in [1.54, 1.807) is 18.2 Å². The van der Waals surface area contributed by atoms with Crippen LogP contribution in [0.1, 0.15) is 11.1 Å². The molecule has 0 atom stereocenters. The van der Waals surface area contributed by atoms with Gasteiger partial charge in [0.1, 0.15) is 22.2 Å². The minimum Gasteiger partial charge on any atom is -0.508 e. The predicted molar refractivity (Wildman–Crippen MR) is 107 cm³/mol. The summed E-state index contributed by atoms with van der Waals surface area (Å²) in [6, 6.07) is 17.9. The molecule has 0 unspecified atom stereocenters. The molecule has 28 heavy (non-hydrogen) atoms. The number of sulfone groups is 1. The zero-order valence-electron chi connectivity index (χ0n) is 15.2. The molecule has 0 amide bonds. The molecule has 0 aliphatic carbocycles. The van der Waals surface area contributed by atoms with Crippen LogP contribution in [0.4, 0.5) is 4.39 Å². The van der Waals surface area contributed by atoms with Crippen LogP contribution in [0, 0.1) is 5.82 Å². The third kappa shape index (κ3) is 4.07. The topological polar surface area (TPSA) is 63.6 Å². The van der Waals surface area contributed by atoms with Gasteiger partial charge < -0.3 is 9.84 Å². The quantitative estimate of drug-likeness (QED) is 0.593. The van der Waals surface area contributed by atoms with E-state index in [4.69, 9.17) is 4.74 Å². The highest BCUT2D eigenvalue weighted by atomic mass is 32.2. The summed E-state index contributed by atoms with van der Waals surface area (Å²) in [5.74, 6) is -1.30. The average molecular weight is 398 g/mol. The molecule has 3 aromatic rings. The van der Waals surface area contributed by atoms with E-state index in [1.807, 2.05) is 30.3 Å². The molecular formula is C22H19FO4S. The Morgan fingerprint density at radius 1 is 1.04 bits per heavy atom. The number of aliphatic hydroxyl groups excluding tert-OH is 1. The standard InChI is InChI=1S/C22H19FO4S/c1-15(24)20-10-8-17(16-6-4-3-5-7-16)12-18(20)14-28(25,26)22-13-19(23)9-11-21(22)27-2/h3-13,24H,1,14H2,2H3. The lowest BCUT2D eigenvalue weighted by molar-refractivity contribution is 0.401. The molecular weight excluding hydrogens is 379 g/mol. The fourth-order valence-electron chi connectivity index (χ4n) is 2.98. The molecule has 3 rings (SSSR count). The van der Waals surface area contributed by atoms with Crippen molar-refractivity contribution in [1.29, 1.82) is 0 Å². The molecule has 6 heteroatoms. The second-order valence-corrected chi connectivity index (χ2v) is 8.20. The van der Waals surface area contributed by atoms with Crippen LogP contribution in [0.5, 0.6) is 5.75 Å². The summed E-state index contributed by atoms with van der Waals surface area (Å²) in [5.41, 5.74) is 2.38. The van der Waals surface area contributed by atoms with Crippen LogP contribution in [-0.2, 0) is 15.6 Å². The van der Waals surface area contributed by atoms with Gasteiger partial charge in [-0.3, -0.25) is 0 Å². The lowest BCUT2D eigenvalue weighted by Gasteiger charge is -2.14. The number of methoxy groups -OCH3 is 1. The van der Waals surface area contributed by atoms with E-state index in [9.17, 15) is 17.9 Å². The van der Waals surface area contributed by atoms with Crippen LogP contribution in [0.25, 0.3) is 16.9 Å². The van der Waals surface area contributed by atoms with Crippen molar-refractivity contribution in [1.82, 2.24) is 0 Å². The number of ether oxygens (including phenoxy) is 1. The Morgan fingerprint density at radius 2 is 1.75 bits per heavy atom. The fraction of sp³-hybridized carbons (Fsp3) is 0.0909. The molecule has 0 saturated heterocycles. The van der Waals surface area contributed by atoms with Crippen molar-refractivity contribution >= 4 is 15.6 Å². The summed E-state index contributed by atoms with van der Waals surface area (Å²) >= 11 is 0. The summed E-state index contributed by atoms with van der Waals surface area (Å²) in [5, 5.41) is 9.90. The molecule has 0 aliphatic rings. The van der Waals surface area contributed by atoms with Gasteiger partial charge in [0.2, 0.25) is 0 Å². The van der Waals surface area contributed by atoms with Crippen LogP contribution < -0.4 is 4.74 Å². The normalized spacial score (nSPS) is 11.2. The van der Waals surface area contributed by atoms with Crippen LogP contribution in [0.2, 0.25) is 0 Å². The molecule has 0 fully saturated rings. The summed E-state index contributed by atoms with van der Waals surface area (Å²) in [6.07, 6.45) is 0. The third-order valence-electron chi connectivity index (χ3n) is 4.33. The number of rotatable bonds is 6. The minimum absolute atomic E-state index is 0.0602. The van der Waals surface area contributed by atoms with E-state index in [2.05, 4.69) is 6.58 Å². The molecule has 4 nitrogen and oxygen atoms in total. The monoisotopic (exact) mass is 398 g/mol. The van der Waals surface area contributed by atoms with E-state index in [0.29, 0.717) is 11.1 Å². The van der Waals surface area contributed by atoms with Crippen molar-refractivity contribution < 1.29 is 22.7 Å². The SMILES string of the molecule is C=C(O)c1ccc(-c2ccccc2)cc1CS(=O)(=O)c1cc(F)ccc1OC. The summed E-state index contributed by atoms with van der Waals surface area (Å²) in [4.78, 5) is -0.241. The molecule has 0 aliphatic heterocycles. The highest BCUT2D eigenvalue weighted by Crippen LogP contribution is 2.31. The lowest BCUT2D eigenvalue weighted by Crippen LogP contribution is -2.09. The van der Waals surface area contributed by atoms with Gasteiger partial charge in [-0.2, -0.15) is 0 Å². The zero-order valence-corrected chi connectivity index (χ0v) is 16.0. The van der Waals surface area contributed by atoms with Gasteiger partial charge in [-0.15, -0.1) is 0 Å². The van der Waals surface area contributed by atoms with Crippen LogP contribution in [0.15, 0.2) is 78.2 Å². The molecule has 1 N–H and O–H groups in total. The Bertz CT molecular complexity index is 1120. The van der Waals surface area contributed by atoms with Gasteiger partial charge in [-0.25, -0.2) is 12.8 Å². The first kappa shape index (κ1) is 19.6. The van der Waals surface area contributed by atoms with E-state index in [0.717, 1.165) is 23.3 Å². The highest BCUT2D eigenvalue weighted by molar-refractivity contribution is 7.90. The molecule has 0 heterocycles. The first-order valence-electron chi connectivity index (χ1n) is 8.44. The minimum atomic E-state index is -3.95. The van der Waals surface area contributed by atoms with E-state index in [1.165, 1.54) is 13.2 Å². The summed E-state index contributed by atoms with van der Waals surface area (Å²) < 4.78 is 44.8. The van der Waals surface area contributed by atoms with Crippen molar-refractivity contribution in [2.24, 2.45) is 0 Å². The predicted octanol–water partition coefficient (Wildman–Crippen LogP) is 5.00. The van der Waals surface area contributed by atoms with Gasteiger partial charge >= 0.3 is 0 Å². The Hall–Kier alpha value is -3.12. The van der Waals surface area contributed by atoms with Gasteiger partial charge in [-0.05, 0) is 41.0 Å². The Morgan fingerprint density at radius 3 is 2.39 bits per heavy atom. The average Bonchev–Trinajstić information content (AvgIpc) is 2.68. The van der Waals surface area contributed by atoms with Crippen LogP contribution in [-0.4, -0.2) is 20.6 Å². The number of hydrogen-bond acceptors (Lipinski definition) is 4. The molecule has 0 spiro atoms. The number of hydrogen-bond donors (Lipinski definition) is 1. The molecule has 3 aromatic carbocycles. The highest BCUT2D eigenvalue weighted by Gasteiger charge is 2.23. The Balaban J connectivity index is 2.10. The van der Waals surface area contributed by atoms with E-state index in [-0.39, 0.29) is 16.4 Å². The summed E-state index contributed by atoms with van der Waals surface area (Å²) in [7, 11) is -2.63. The molecule has 144 valence electrons. The Labute approximate surface area is 163 Å². The first-order chi connectivity index (χ1) is 13.3. The number of halogens is 1. The first-order valence-corrected chi connectivity index (χ1v) is 10.1. The lowest BCUT2D eigenvalue weighted by atomic mass is 9.99. The molecule has 0 saturated carbocycles. The zero-order chi connectivity index (χ0) is 20.3. The Kier molecular flexibility index (Phi) is 5.51. The van der Waals surface area contributed by atoms with E-state index < -0.39 is 21.4 Å². The fourth-order valence-corrected chi connectivity index (χ4v) is 4.53. The van der Waals surface area contributed by atoms with E-state index >= 15 is 0 Å². The van der Waals surface area contributed by atoms with Crippen LogP contribution >= 0.6 is 0 Å². The van der Waals surface area contributed by atoms with Gasteiger partial charge in [0, 0.05) is 5.56 Å². The van der Waals surface area contributed by atoms with Crippen molar-refractivity contribution in [3.63, 3.8) is 0 Å². The maximum Gasteiger partial charge on any atom is 0.186 e. The van der Waals surface area contributed by atoms with Crippen molar-refractivity contribution in [3.8, 4) is 16.9 Å². The second-order valence-electron chi connectivity index (χ2n) is 6.24. The second kappa shape index (κ2) is 7.86. The van der Waals surface area contributed by atoms with Gasteiger partial charge in [0.25, 0.3) is 0 Å². The van der Waals surface area contributed by atoms with Crippen LogP contribution in [0.3, 0.4) is 0 Å². The van der Waals surface area contributed by atoms with Gasteiger partial charge in [0.05, 0.1) is 12.9 Å². The largest absolute Gasteiger partial charge is 0.508 e. The molecule has 0 radical (unpaired) electrons. The molecule has 0 aromatic heterocycles.